The number of hydrogen-bond acceptors (Lipinski definition) is 3. The second kappa shape index (κ2) is 6.42. The van der Waals surface area contributed by atoms with Gasteiger partial charge >= 0.3 is 0 Å². The zero-order valence-corrected chi connectivity index (χ0v) is 11.7. The van der Waals surface area contributed by atoms with Crippen LogP contribution < -0.4 is 4.74 Å². The number of hydrogen-bond donors (Lipinski definition) is 0. The van der Waals surface area contributed by atoms with E-state index in [9.17, 15) is 5.26 Å². The van der Waals surface area contributed by atoms with E-state index in [0.717, 1.165) is 24.3 Å². The summed E-state index contributed by atoms with van der Waals surface area (Å²) in [6.45, 7) is 4.77. The molecule has 0 aliphatic rings. The van der Waals surface area contributed by atoms with E-state index in [1.54, 1.807) is 0 Å². The highest BCUT2D eigenvalue weighted by molar-refractivity contribution is 5.31. The summed E-state index contributed by atoms with van der Waals surface area (Å²) < 4.78 is 5.61. The molecule has 0 heterocycles. The molecule has 0 aliphatic heterocycles. The number of benzene rings is 1. The Morgan fingerprint density at radius 2 is 2.11 bits per heavy atom. The van der Waals surface area contributed by atoms with Gasteiger partial charge in [-0.15, -0.1) is 0 Å². The number of nitriles is 1. The van der Waals surface area contributed by atoms with Crippen molar-refractivity contribution in [3.8, 4) is 11.8 Å². The maximum Gasteiger partial charge on any atom is 0.119 e. The first kappa shape index (κ1) is 14.5. The van der Waals surface area contributed by atoms with E-state index in [2.05, 4.69) is 13.0 Å². The molecule has 0 spiro atoms. The first-order valence-electron chi connectivity index (χ1n) is 6.32. The third-order valence-electron chi connectivity index (χ3n) is 3.15. The quantitative estimate of drug-likeness (QED) is 0.774. The van der Waals surface area contributed by atoms with E-state index in [-0.39, 0.29) is 0 Å². The first-order chi connectivity index (χ1) is 8.51. The Kier molecular flexibility index (Phi) is 5.18. The number of nitrogens with zero attached hydrogens (tertiary/aromatic N) is 2. The lowest BCUT2D eigenvalue weighted by atomic mass is 9.93. The lowest BCUT2D eigenvalue weighted by Crippen LogP contribution is -2.41. The van der Waals surface area contributed by atoms with Crippen LogP contribution >= 0.6 is 0 Å². The summed E-state index contributed by atoms with van der Waals surface area (Å²) in [5.74, 6) is 0.883. The van der Waals surface area contributed by atoms with Crippen LogP contribution in [0.1, 0.15) is 25.8 Å². The van der Waals surface area contributed by atoms with Gasteiger partial charge in [-0.3, -0.25) is 4.90 Å². The molecule has 0 aromatic heterocycles. The summed E-state index contributed by atoms with van der Waals surface area (Å²) in [7, 11) is 3.86. The number of rotatable bonds is 6. The minimum atomic E-state index is -0.483. The van der Waals surface area contributed by atoms with Crippen molar-refractivity contribution >= 4 is 0 Å². The molecule has 3 nitrogen and oxygen atoms in total. The molecule has 1 atom stereocenters. The van der Waals surface area contributed by atoms with Crippen molar-refractivity contribution in [3.63, 3.8) is 0 Å². The van der Waals surface area contributed by atoms with Crippen LogP contribution in [0, 0.1) is 11.3 Å². The monoisotopic (exact) mass is 246 g/mol. The highest BCUT2D eigenvalue weighted by Gasteiger charge is 2.26. The van der Waals surface area contributed by atoms with Gasteiger partial charge in [0, 0.05) is 6.42 Å². The summed E-state index contributed by atoms with van der Waals surface area (Å²) in [6.07, 6.45) is 1.69. The lowest BCUT2D eigenvalue weighted by Gasteiger charge is -2.29. The summed E-state index contributed by atoms with van der Waals surface area (Å²) in [6, 6.07) is 10.4. The molecule has 3 heteroatoms. The summed E-state index contributed by atoms with van der Waals surface area (Å²) in [5.41, 5.74) is 0.643. The molecule has 1 unspecified atom stereocenters. The predicted octanol–water partition coefficient (Wildman–Crippen LogP) is 2.86. The van der Waals surface area contributed by atoms with Crippen LogP contribution in [0.2, 0.25) is 0 Å². The molecule has 0 saturated carbocycles. The Labute approximate surface area is 110 Å². The van der Waals surface area contributed by atoms with Gasteiger partial charge in [0.25, 0.3) is 0 Å². The summed E-state index contributed by atoms with van der Waals surface area (Å²) in [5, 5.41) is 9.30. The molecule has 0 aliphatic carbocycles. The van der Waals surface area contributed by atoms with Crippen molar-refractivity contribution < 1.29 is 4.74 Å². The van der Waals surface area contributed by atoms with Gasteiger partial charge < -0.3 is 4.74 Å². The molecule has 1 aromatic carbocycles. The maximum absolute atomic E-state index is 9.30. The Hall–Kier alpha value is -1.53. The van der Waals surface area contributed by atoms with E-state index in [0.29, 0.717) is 6.42 Å². The van der Waals surface area contributed by atoms with E-state index in [4.69, 9.17) is 4.74 Å². The third kappa shape index (κ3) is 3.75. The Balaban J connectivity index is 2.81. The van der Waals surface area contributed by atoms with Crippen molar-refractivity contribution in [1.82, 2.24) is 4.90 Å². The zero-order valence-electron chi connectivity index (χ0n) is 11.7. The first-order valence-corrected chi connectivity index (χ1v) is 6.32. The zero-order chi connectivity index (χ0) is 13.6. The van der Waals surface area contributed by atoms with Gasteiger partial charge in [0.2, 0.25) is 0 Å². The van der Waals surface area contributed by atoms with Gasteiger partial charge in [0.05, 0.1) is 12.7 Å². The molecule has 0 amide bonds. The minimum Gasteiger partial charge on any atom is -0.494 e. The Morgan fingerprint density at radius 1 is 1.39 bits per heavy atom. The molecular formula is C15H22N2O. The maximum atomic E-state index is 9.30. The standard InChI is InChI=1S/C15H22N2O/c1-5-9-18-14-8-6-7-13(10-14)11-15(2,12-16)17(3)4/h6-8,10H,5,9,11H2,1-4H3. The number of ether oxygens (including phenoxy) is 1. The fourth-order valence-corrected chi connectivity index (χ4v) is 1.66. The van der Waals surface area contributed by atoms with Crippen molar-refractivity contribution in [2.24, 2.45) is 0 Å². The molecule has 98 valence electrons. The molecule has 0 bridgehead atoms. The second-order valence-corrected chi connectivity index (χ2v) is 4.95. The highest BCUT2D eigenvalue weighted by atomic mass is 16.5. The van der Waals surface area contributed by atoms with Gasteiger partial charge in [-0.2, -0.15) is 5.26 Å². The van der Waals surface area contributed by atoms with E-state index in [1.807, 2.05) is 50.2 Å². The Morgan fingerprint density at radius 3 is 2.67 bits per heavy atom. The number of likely N-dealkylation sites (N-methyl/N-ethyl adjacent to an activating group) is 1. The predicted molar refractivity (Wildman–Crippen MR) is 73.6 cm³/mol. The smallest absolute Gasteiger partial charge is 0.119 e. The van der Waals surface area contributed by atoms with Gasteiger partial charge in [-0.25, -0.2) is 0 Å². The third-order valence-corrected chi connectivity index (χ3v) is 3.15. The van der Waals surface area contributed by atoms with E-state index < -0.39 is 5.54 Å². The van der Waals surface area contributed by atoms with Gasteiger partial charge in [0.1, 0.15) is 11.3 Å². The average Bonchev–Trinajstić information content (AvgIpc) is 2.36. The second-order valence-electron chi connectivity index (χ2n) is 4.95. The van der Waals surface area contributed by atoms with E-state index >= 15 is 0 Å². The van der Waals surface area contributed by atoms with E-state index in [1.165, 1.54) is 0 Å². The summed E-state index contributed by atoms with van der Waals surface area (Å²) in [4.78, 5) is 1.95. The molecule has 1 aromatic rings. The lowest BCUT2D eigenvalue weighted by molar-refractivity contribution is 0.236. The van der Waals surface area contributed by atoms with Gasteiger partial charge in [0.15, 0.2) is 0 Å². The van der Waals surface area contributed by atoms with Gasteiger partial charge in [-0.1, -0.05) is 19.1 Å². The van der Waals surface area contributed by atoms with Crippen LogP contribution in [0.3, 0.4) is 0 Å². The normalized spacial score (nSPS) is 14.0. The van der Waals surface area contributed by atoms with Crippen LogP contribution in [0.25, 0.3) is 0 Å². The average molecular weight is 246 g/mol. The highest BCUT2D eigenvalue weighted by Crippen LogP contribution is 2.21. The Bertz CT molecular complexity index is 423. The van der Waals surface area contributed by atoms with Crippen LogP contribution in [0.5, 0.6) is 5.75 Å². The van der Waals surface area contributed by atoms with Gasteiger partial charge in [-0.05, 0) is 45.1 Å². The van der Waals surface area contributed by atoms with Crippen LogP contribution in [-0.2, 0) is 6.42 Å². The topological polar surface area (TPSA) is 36.3 Å². The largest absolute Gasteiger partial charge is 0.494 e. The van der Waals surface area contributed by atoms with Crippen LogP contribution in [-0.4, -0.2) is 31.1 Å². The molecule has 18 heavy (non-hydrogen) atoms. The fraction of sp³-hybridized carbons (Fsp3) is 0.533. The van der Waals surface area contributed by atoms with Crippen molar-refractivity contribution in [2.45, 2.75) is 32.2 Å². The molecule has 0 saturated heterocycles. The van der Waals surface area contributed by atoms with Crippen molar-refractivity contribution in [2.75, 3.05) is 20.7 Å². The molecular weight excluding hydrogens is 224 g/mol. The van der Waals surface area contributed by atoms with Crippen LogP contribution in [0.4, 0.5) is 0 Å². The fourth-order valence-electron chi connectivity index (χ4n) is 1.66. The SMILES string of the molecule is CCCOc1cccc(CC(C)(C#N)N(C)C)c1. The van der Waals surface area contributed by atoms with Crippen LogP contribution in [0.15, 0.2) is 24.3 Å². The molecule has 0 radical (unpaired) electrons. The molecule has 1 rings (SSSR count). The van der Waals surface area contributed by atoms with Crippen molar-refractivity contribution in [1.29, 1.82) is 5.26 Å². The molecule has 0 fully saturated rings. The van der Waals surface area contributed by atoms with Crippen molar-refractivity contribution in [3.05, 3.63) is 29.8 Å². The summed E-state index contributed by atoms with van der Waals surface area (Å²) >= 11 is 0. The minimum absolute atomic E-state index is 0.483. The molecule has 0 N–H and O–H groups in total.